The molecule has 6 heteroatoms. The molecule has 100 valence electrons. The normalized spacial score (nSPS) is 13.2. The fraction of sp³-hybridized carbons (Fsp3) is 0.417. The molecule has 0 saturated carbocycles. The molecule has 0 aliphatic rings. The van der Waals surface area contributed by atoms with Crippen LogP contribution in [-0.2, 0) is 6.18 Å². The molecular weight excluding hydrogens is 249 g/mol. The summed E-state index contributed by atoms with van der Waals surface area (Å²) in [7, 11) is 0. The Hall–Kier alpha value is -1.72. The highest BCUT2D eigenvalue weighted by Gasteiger charge is 2.35. The van der Waals surface area contributed by atoms with Crippen LogP contribution >= 0.6 is 0 Å². The van der Waals surface area contributed by atoms with Crippen molar-refractivity contribution in [2.45, 2.75) is 32.5 Å². The monoisotopic (exact) mass is 262 g/mol. The van der Waals surface area contributed by atoms with Crippen LogP contribution < -0.4 is 4.74 Å². The minimum Gasteiger partial charge on any atom is -0.490 e. The average Bonchev–Trinajstić information content (AvgIpc) is 2.27. The van der Waals surface area contributed by atoms with Crippen molar-refractivity contribution >= 4 is 5.97 Å². The van der Waals surface area contributed by atoms with Gasteiger partial charge in [-0.15, -0.1) is 0 Å². The highest BCUT2D eigenvalue weighted by molar-refractivity contribution is 5.88. The molecule has 0 aliphatic carbocycles. The SMILES string of the molecule is CCC(C)Oc1ccc(C(=O)O)cc1C(F)(F)F. The zero-order valence-electron chi connectivity index (χ0n) is 9.91. The van der Waals surface area contributed by atoms with Gasteiger partial charge in [0, 0.05) is 0 Å². The van der Waals surface area contributed by atoms with Crippen molar-refractivity contribution in [1.82, 2.24) is 0 Å². The number of ether oxygens (including phenoxy) is 1. The van der Waals surface area contributed by atoms with Crippen molar-refractivity contribution in [3.8, 4) is 5.75 Å². The van der Waals surface area contributed by atoms with E-state index in [1.807, 2.05) is 0 Å². The molecule has 0 spiro atoms. The Labute approximate surface area is 102 Å². The smallest absolute Gasteiger partial charge is 0.419 e. The first-order valence-corrected chi connectivity index (χ1v) is 5.37. The number of aromatic carboxylic acids is 1. The first kappa shape index (κ1) is 14.3. The van der Waals surface area contributed by atoms with Crippen LogP contribution in [0.2, 0.25) is 0 Å². The van der Waals surface area contributed by atoms with Crippen molar-refractivity contribution in [1.29, 1.82) is 0 Å². The third kappa shape index (κ3) is 3.38. The van der Waals surface area contributed by atoms with Crippen LogP contribution in [0.5, 0.6) is 5.75 Å². The summed E-state index contributed by atoms with van der Waals surface area (Å²) in [4.78, 5) is 10.7. The number of carboxylic acid groups (broad SMARTS) is 1. The van der Waals surface area contributed by atoms with E-state index in [9.17, 15) is 18.0 Å². The van der Waals surface area contributed by atoms with E-state index in [0.29, 0.717) is 12.5 Å². The van der Waals surface area contributed by atoms with Gasteiger partial charge in [0.25, 0.3) is 0 Å². The number of rotatable bonds is 4. The first-order valence-electron chi connectivity index (χ1n) is 5.37. The lowest BCUT2D eigenvalue weighted by molar-refractivity contribution is -0.139. The number of halogens is 3. The van der Waals surface area contributed by atoms with Crippen molar-refractivity contribution < 1.29 is 27.8 Å². The van der Waals surface area contributed by atoms with Gasteiger partial charge in [0.05, 0.1) is 17.2 Å². The van der Waals surface area contributed by atoms with Crippen LogP contribution in [0.3, 0.4) is 0 Å². The van der Waals surface area contributed by atoms with Crippen LogP contribution in [0.1, 0.15) is 36.2 Å². The molecule has 1 rings (SSSR count). The number of hydrogen-bond acceptors (Lipinski definition) is 2. The Morgan fingerprint density at radius 3 is 2.50 bits per heavy atom. The Bertz CT molecular complexity index is 441. The molecule has 0 amide bonds. The fourth-order valence-corrected chi connectivity index (χ4v) is 1.29. The van der Waals surface area contributed by atoms with E-state index in [4.69, 9.17) is 9.84 Å². The topological polar surface area (TPSA) is 46.5 Å². The lowest BCUT2D eigenvalue weighted by Gasteiger charge is -2.18. The quantitative estimate of drug-likeness (QED) is 0.902. The fourth-order valence-electron chi connectivity index (χ4n) is 1.29. The Morgan fingerprint density at radius 2 is 2.06 bits per heavy atom. The van der Waals surface area contributed by atoms with Crippen molar-refractivity contribution in [3.05, 3.63) is 29.3 Å². The van der Waals surface area contributed by atoms with Crippen molar-refractivity contribution in [3.63, 3.8) is 0 Å². The standard InChI is InChI=1S/C12H13F3O3/c1-3-7(2)18-10-5-4-8(11(16)17)6-9(10)12(13,14)15/h4-7H,3H2,1-2H3,(H,16,17). The molecular formula is C12H13F3O3. The maximum absolute atomic E-state index is 12.8. The molecule has 1 aromatic rings. The molecule has 1 aromatic carbocycles. The molecule has 0 aliphatic heterocycles. The summed E-state index contributed by atoms with van der Waals surface area (Å²) in [5.74, 6) is -1.75. The summed E-state index contributed by atoms with van der Waals surface area (Å²) in [6.45, 7) is 3.43. The molecule has 1 atom stereocenters. The molecule has 0 radical (unpaired) electrons. The summed E-state index contributed by atoms with van der Waals surface area (Å²) in [5, 5.41) is 8.69. The van der Waals surface area contributed by atoms with Gasteiger partial charge in [-0.25, -0.2) is 4.79 Å². The Morgan fingerprint density at radius 1 is 1.44 bits per heavy atom. The summed E-state index contributed by atoms with van der Waals surface area (Å²) < 4.78 is 43.5. The van der Waals surface area contributed by atoms with Crippen LogP contribution in [0.4, 0.5) is 13.2 Å². The van der Waals surface area contributed by atoms with E-state index < -0.39 is 23.3 Å². The molecule has 0 aromatic heterocycles. The first-order chi connectivity index (χ1) is 8.25. The molecule has 1 N–H and O–H groups in total. The van der Waals surface area contributed by atoms with Gasteiger partial charge in [0.2, 0.25) is 0 Å². The zero-order valence-corrected chi connectivity index (χ0v) is 9.91. The minimum atomic E-state index is -4.64. The van der Waals surface area contributed by atoms with E-state index in [-0.39, 0.29) is 11.9 Å². The number of carbonyl (C=O) groups is 1. The summed E-state index contributed by atoms with van der Waals surface area (Å²) in [6, 6.07) is 2.72. The minimum absolute atomic E-state index is 0.346. The molecule has 0 bridgehead atoms. The van der Waals surface area contributed by atoms with Crippen LogP contribution in [0, 0.1) is 0 Å². The van der Waals surface area contributed by atoms with Gasteiger partial charge in [0.1, 0.15) is 5.75 Å². The maximum atomic E-state index is 12.8. The van der Waals surface area contributed by atoms with Gasteiger partial charge < -0.3 is 9.84 Å². The van der Waals surface area contributed by atoms with Crippen molar-refractivity contribution in [2.24, 2.45) is 0 Å². The van der Waals surface area contributed by atoms with E-state index in [2.05, 4.69) is 0 Å². The predicted octanol–water partition coefficient (Wildman–Crippen LogP) is 3.58. The lowest BCUT2D eigenvalue weighted by Crippen LogP contribution is -2.15. The van der Waals surface area contributed by atoms with Crippen LogP contribution in [0.15, 0.2) is 18.2 Å². The van der Waals surface area contributed by atoms with E-state index in [1.165, 1.54) is 0 Å². The van der Waals surface area contributed by atoms with Gasteiger partial charge in [0.15, 0.2) is 0 Å². The second-order valence-corrected chi connectivity index (χ2v) is 3.85. The van der Waals surface area contributed by atoms with Gasteiger partial charge >= 0.3 is 12.1 Å². The molecule has 1 unspecified atom stereocenters. The number of carboxylic acids is 1. The Balaban J connectivity index is 3.21. The second kappa shape index (κ2) is 5.29. The van der Waals surface area contributed by atoms with Gasteiger partial charge in [-0.05, 0) is 31.5 Å². The summed E-state index contributed by atoms with van der Waals surface area (Å²) in [5.41, 5.74) is -1.48. The van der Waals surface area contributed by atoms with Crippen molar-refractivity contribution in [2.75, 3.05) is 0 Å². The second-order valence-electron chi connectivity index (χ2n) is 3.85. The molecule has 0 fully saturated rings. The number of benzene rings is 1. The zero-order chi connectivity index (χ0) is 13.9. The van der Waals surface area contributed by atoms with Gasteiger partial charge in [-0.2, -0.15) is 13.2 Å². The van der Waals surface area contributed by atoms with Gasteiger partial charge in [-0.3, -0.25) is 0 Å². The third-order valence-corrected chi connectivity index (χ3v) is 2.43. The highest BCUT2D eigenvalue weighted by Crippen LogP contribution is 2.37. The highest BCUT2D eigenvalue weighted by atomic mass is 19.4. The molecule has 0 heterocycles. The average molecular weight is 262 g/mol. The van der Waals surface area contributed by atoms with E-state index in [0.717, 1.165) is 12.1 Å². The number of hydrogen-bond donors (Lipinski definition) is 1. The largest absolute Gasteiger partial charge is 0.490 e. The van der Waals surface area contributed by atoms with Crippen LogP contribution in [0.25, 0.3) is 0 Å². The van der Waals surface area contributed by atoms with E-state index >= 15 is 0 Å². The lowest BCUT2D eigenvalue weighted by atomic mass is 10.1. The van der Waals surface area contributed by atoms with E-state index in [1.54, 1.807) is 13.8 Å². The summed E-state index contributed by atoms with van der Waals surface area (Å²) in [6.07, 6.45) is -4.46. The third-order valence-electron chi connectivity index (χ3n) is 2.43. The maximum Gasteiger partial charge on any atom is 0.419 e. The Kier molecular flexibility index (Phi) is 4.21. The molecule has 0 saturated heterocycles. The number of alkyl halides is 3. The van der Waals surface area contributed by atoms with Gasteiger partial charge in [-0.1, -0.05) is 6.92 Å². The van der Waals surface area contributed by atoms with Crippen LogP contribution in [-0.4, -0.2) is 17.2 Å². The molecule has 18 heavy (non-hydrogen) atoms. The predicted molar refractivity (Wildman–Crippen MR) is 58.8 cm³/mol. The molecule has 3 nitrogen and oxygen atoms in total. The summed E-state index contributed by atoms with van der Waals surface area (Å²) >= 11 is 0.